The Hall–Kier alpha value is -2.05. The average Bonchev–Trinajstić information content (AvgIpc) is 2.19. The molecule has 0 aliphatic carbocycles. The zero-order valence-electron chi connectivity index (χ0n) is 14.4. The second-order valence-electron chi connectivity index (χ2n) is 6.61. The summed E-state index contributed by atoms with van der Waals surface area (Å²) in [6.45, 7) is 8.73. The van der Waals surface area contributed by atoms with Gasteiger partial charge < -0.3 is 9.47 Å². The molecule has 9 nitrogen and oxygen atoms in total. The SMILES string of the molecule is C.CC(C)(C)OC(=O)NC(=NS(=O)(=O)C(F)(F)F)NC(=O)OC(C)(C)C. The van der Waals surface area contributed by atoms with Crippen LogP contribution in [0.2, 0.25) is 0 Å². The van der Waals surface area contributed by atoms with Crippen LogP contribution in [-0.2, 0) is 19.5 Å². The summed E-state index contributed by atoms with van der Waals surface area (Å²) in [4.78, 5) is 23.2. The maximum Gasteiger partial charge on any atom is 0.518 e. The molecule has 13 heteroatoms. The monoisotopic (exact) mass is 407 g/mol. The zero-order valence-corrected chi connectivity index (χ0v) is 15.3. The van der Waals surface area contributed by atoms with Crippen LogP contribution in [0, 0.1) is 0 Å². The lowest BCUT2D eigenvalue weighted by molar-refractivity contribution is -0.0435. The predicted molar refractivity (Wildman–Crippen MR) is 87.9 cm³/mol. The molecule has 0 aliphatic heterocycles. The van der Waals surface area contributed by atoms with E-state index in [-0.39, 0.29) is 7.43 Å². The third kappa shape index (κ3) is 10.7. The summed E-state index contributed by atoms with van der Waals surface area (Å²) in [6, 6.07) is 0. The quantitative estimate of drug-likeness (QED) is 0.509. The van der Waals surface area contributed by atoms with Gasteiger partial charge in [-0.1, -0.05) is 7.43 Å². The molecule has 2 N–H and O–H groups in total. The Labute approximate surface area is 150 Å². The highest BCUT2D eigenvalue weighted by molar-refractivity contribution is 7.91. The Morgan fingerprint density at radius 3 is 1.38 bits per heavy atom. The lowest BCUT2D eigenvalue weighted by Gasteiger charge is -2.22. The molecule has 0 radical (unpaired) electrons. The summed E-state index contributed by atoms with van der Waals surface area (Å²) in [5.41, 5.74) is -7.81. The molecule has 0 aromatic carbocycles. The molecule has 0 saturated carbocycles. The van der Waals surface area contributed by atoms with Crippen LogP contribution in [-0.4, -0.2) is 43.3 Å². The van der Waals surface area contributed by atoms with Gasteiger partial charge in [0.15, 0.2) is 0 Å². The minimum absolute atomic E-state index is 0. The van der Waals surface area contributed by atoms with Crippen molar-refractivity contribution >= 4 is 28.2 Å². The van der Waals surface area contributed by atoms with Crippen molar-refractivity contribution in [3.8, 4) is 0 Å². The summed E-state index contributed by atoms with van der Waals surface area (Å²) in [5, 5.41) is 3.23. The molecule has 0 aliphatic rings. The minimum atomic E-state index is -6.03. The van der Waals surface area contributed by atoms with Crippen molar-refractivity contribution in [3.05, 3.63) is 0 Å². The number of carbonyl (C=O) groups excluding carboxylic acids is 2. The zero-order chi connectivity index (χ0) is 20.3. The van der Waals surface area contributed by atoms with E-state index >= 15 is 0 Å². The van der Waals surface area contributed by atoms with Gasteiger partial charge in [0.2, 0.25) is 5.96 Å². The van der Waals surface area contributed by atoms with Gasteiger partial charge >= 0.3 is 27.7 Å². The highest BCUT2D eigenvalue weighted by Crippen LogP contribution is 2.24. The van der Waals surface area contributed by atoms with Crippen LogP contribution in [0.3, 0.4) is 0 Å². The van der Waals surface area contributed by atoms with Crippen LogP contribution >= 0.6 is 0 Å². The fourth-order valence-corrected chi connectivity index (χ4v) is 1.48. The summed E-state index contributed by atoms with van der Waals surface area (Å²) in [5.74, 6) is -1.32. The normalized spacial score (nSPS) is 12.3. The molecule has 154 valence electrons. The topological polar surface area (TPSA) is 123 Å². The van der Waals surface area contributed by atoms with E-state index in [2.05, 4.69) is 4.40 Å². The number of amides is 2. The van der Waals surface area contributed by atoms with Crippen LogP contribution in [0.5, 0.6) is 0 Å². The van der Waals surface area contributed by atoms with E-state index in [0.717, 1.165) is 0 Å². The molecule has 0 atom stereocenters. The summed E-state index contributed by atoms with van der Waals surface area (Å²) >= 11 is 0. The molecule has 0 fully saturated rings. The highest BCUT2D eigenvalue weighted by atomic mass is 32.2. The van der Waals surface area contributed by atoms with E-state index in [1.54, 1.807) is 10.6 Å². The molecular formula is C13H24F3N3O6S. The van der Waals surface area contributed by atoms with Gasteiger partial charge in [0.25, 0.3) is 0 Å². The van der Waals surface area contributed by atoms with E-state index in [1.165, 1.54) is 41.5 Å². The van der Waals surface area contributed by atoms with Crippen LogP contribution in [0.1, 0.15) is 49.0 Å². The second kappa shape index (κ2) is 8.56. The van der Waals surface area contributed by atoms with Crippen molar-refractivity contribution in [1.82, 2.24) is 10.6 Å². The number of nitrogens with one attached hydrogen (secondary N) is 2. The Morgan fingerprint density at radius 2 is 1.15 bits per heavy atom. The third-order valence-electron chi connectivity index (χ3n) is 1.74. The van der Waals surface area contributed by atoms with Crippen LogP contribution in [0.15, 0.2) is 4.40 Å². The standard InChI is InChI=1S/C12H20F3N3O6S.CH4/c1-10(2,3)23-8(19)16-7(17-9(20)24-11(4,5)6)18-25(21,22)12(13,14)15;/h1-6H3,(H2,16,17,18,19,20);1H4. The first kappa shape index (κ1) is 26.2. The summed E-state index contributed by atoms with van der Waals surface area (Å²) < 4.78 is 71.3. The number of carbonyl (C=O) groups is 2. The van der Waals surface area contributed by atoms with Gasteiger partial charge in [-0.25, -0.2) is 9.59 Å². The maximum absolute atomic E-state index is 12.4. The van der Waals surface area contributed by atoms with E-state index < -0.39 is 44.9 Å². The molecule has 2 amide bonds. The maximum atomic E-state index is 12.4. The molecule has 0 saturated heterocycles. The Kier molecular flexibility index (Phi) is 8.62. The number of sulfonamides is 1. The largest absolute Gasteiger partial charge is 0.518 e. The van der Waals surface area contributed by atoms with E-state index in [4.69, 9.17) is 9.47 Å². The molecule has 0 heterocycles. The van der Waals surface area contributed by atoms with Gasteiger partial charge in [0.05, 0.1) is 0 Å². The Morgan fingerprint density at radius 1 is 0.846 bits per heavy atom. The number of alkyl carbamates (subject to hydrolysis) is 2. The van der Waals surface area contributed by atoms with Gasteiger partial charge in [-0.05, 0) is 41.5 Å². The lowest BCUT2D eigenvalue weighted by atomic mass is 10.2. The summed E-state index contributed by atoms with van der Waals surface area (Å²) in [6.07, 6.45) is -2.67. The molecular weight excluding hydrogens is 383 g/mol. The van der Waals surface area contributed by atoms with E-state index in [1.807, 2.05) is 0 Å². The first-order valence-electron chi connectivity index (χ1n) is 6.74. The smallest absolute Gasteiger partial charge is 0.444 e. The van der Waals surface area contributed by atoms with Crippen molar-refractivity contribution in [3.63, 3.8) is 0 Å². The van der Waals surface area contributed by atoms with Crippen molar-refractivity contribution in [2.75, 3.05) is 0 Å². The van der Waals surface area contributed by atoms with Crippen LogP contribution < -0.4 is 10.6 Å². The first-order chi connectivity index (χ1) is 10.8. The van der Waals surface area contributed by atoms with Gasteiger partial charge in [-0.2, -0.15) is 21.6 Å². The van der Waals surface area contributed by atoms with E-state index in [0.29, 0.717) is 0 Å². The average molecular weight is 407 g/mol. The van der Waals surface area contributed by atoms with Crippen molar-refractivity contribution in [2.45, 2.75) is 65.7 Å². The molecule has 0 bridgehead atoms. The number of rotatable bonds is 1. The minimum Gasteiger partial charge on any atom is -0.444 e. The number of hydrogen-bond acceptors (Lipinski definition) is 6. The molecule has 0 rings (SSSR count). The number of nitrogens with zero attached hydrogens (tertiary/aromatic N) is 1. The fourth-order valence-electron chi connectivity index (χ4n) is 1.05. The van der Waals surface area contributed by atoms with E-state index in [9.17, 15) is 31.2 Å². The number of guanidine groups is 1. The van der Waals surface area contributed by atoms with Gasteiger partial charge in [-0.3, -0.25) is 10.6 Å². The number of ether oxygens (including phenoxy) is 2. The van der Waals surface area contributed by atoms with Crippen LogP contribution in [0.25, 0.3) is 0 Å². The molecule has 26 heavy (non-hydrogen) atoms. The predicted octanol–water partition coefficient (Wildman–Crippen LogP) is 2.88. The lowest BCUT2D eigenvalue weighted by Crippen LogP contribution is -2.48. The number of halogens is 3. The second-order valence-corrected chi connectivity index (χ2v) is 8.21. The number of hydrogen-bond donors (Lipinski definition) is 2. The van der Waals surface area contributed by atoms with Crippen LogP contribution in [0.4, 0.5) is 22.8 Å². The Bertz CT molecular complexity index is 614. The van der Waals surface area contributed by atoms with Gasteiger partial charge in [-0.15, -0.1) is 4.40 Å². The summed E-state index contributed by atoms with van der Waals surface area (Å²) in [7, 11) is -6.03. The molecule has 0 spiro atoms. The molecule has 0 unspecified atom stereocenters. The van der Waals surface area contributed by atoms with Gasteiger partial charge in [0.1, 0.15) is 11.2 Å². The van der Waals surface area contributed by atoms with Gasteiger partial charge in [0, 0.05) is 0 Å². The fraction of sp³-hybridized carbons (Fsp3) is 0.769. The number of alkyl halides is 3. The van der Waals surface area contributed by atoms with Crippen molar-refractivity contribution in [1.29, 1.82) is 0 Å². The molecule has 0 aromatic heterocycles. The first-order valence-corrected chi connectivity index (χ1v) is 8.18. The third-order valence-corrected chi connectivity index (χ3v) is 2.75. The van der Waals surface area contributed by atoms with Crippen molar-refractivity contribution in [2.24, 2.45) is 4.40 Å². The Balaban J connectivity index is 0. The highest BCUT2D eigenvalue weighted by Gasteiger charge is 2.46. The van der Waals surface area contributed by atoms with Crippen molar-refractivity contribution < 1.29 is 40.7 Å². The molecule has 0 aromatic rings.